The van der Waals surface area contributed by atoms with Crippen molar-refractivity contribution in [3.63, 3.8) is 0 Å². The van der Waals surface area contributed by atoms with E-state index < -0.39 is 22.7 Å². The summed E-state index contributed by atoms with van der Waals surface area (Å²) in [6, 6.07) is 2.78. The standard InChI is InChI=1S/C13H18F3NO3S/c1-4-17(8-13(14,15)16)21(19,20)12-6-11(7-18)9(2)5-10(12)3/h5-6,18H,4,7-8H2,1-3H3. The molecule has 0 bridgehead atoms. The van der Waals surface area contributed by atoms with Crippen LogP contribution in [0.3, 0.4) is 0 Å². The lowest BCUT2D eigenvalue weighted by atomic mass is 10.1. The molecule has 120 valence electrons. The van der Waals surface area contributed by atoms with E-state index in [9.17, 15) is 26.7 Å². The first kappa shape index (κ1) is 17.9. The van der Waals surface area contributed by atoms with Gasteiger partial charge in [0.05, 0.1) is 11.5 Å². The van der Waals surface area contributed by atoms with Crippen molar-refractivity contribution in [2.24, 2.45) is 0 Å². The molecule has 0 saturated heterocycles. The van der Waals surface area contributed by atoms with Crippen molar-refractivity contribution in [3.8, 4) is 0 Å². The van der Waals surface area contributed by atoms with Crippen LogP contribution in [0.25, 0.3) is 0 Å². The van der Waals surface area contributed by atoms with Gasteiger partial charge in [-0.2, -0.15) is 17.5 Å². The average molecular weight is 325 g/mol. The molecular formula is C13H18F3NO3S. The van der Waals surface area contributed by atoms with Crippen LogP contribution < -0.4 is 0 Å². The van der Waals surface area contributed by atoms with Crippen LogP contribution in [-0.4, -0.2) is 37.1 Å². The molecule has 0 spiro atoms. The Labute approximate surface area is 122 Å². The van der Waals surface area contributed by atoms with Gasteiger partial charge in [-0.15, -0.1) is 0 Å². The van der Waals surface area contributed by atoms with E-state index in [4.69, 9.17) is 0 Å². The molecule has 1 aromatic carbocycles. The van der Waals surface area contributed by atoms with E-state index in [0.717, 1.165) is 0 Å². The lowest BCUT2D eigenvalue weighted by molar-refractivity contribution is -0.135. The number of hydrogen-bond donors (Lipinski definition) is 1. The van der Waals surface area contributed by atoms with E-state index in [1.807, 2.05) is 0 Å². The molecule has 0 aliphatic heterocycles. The number of aryl methyl sites for hydroxylation is 2. The summed E-state index contributed by atoms with van der Waals surface area (Å²) >= 11 is 0. The third-order valence-corrected chi connectivity index (χ3v) is 5.19. The van der Waals surface area contributed by atoms with Gasteiger partial charge in [-0.05, 0) is 36.6 Å². The monoisotopic (exact) mass is 325 g/mol. The molecule has 21 heavy (non-hydrogen) atoms. The molecule has 0 amide bonds. The second-order valence-corrected chi connectivity index (χ2v) is 6.66. The summed E-state index contributed by atoms with van der Waals surface area (Å²) in [6.07, 6.45) is -4.61. The Balaban J connectivity index is 3.35. The highest BCUT2D eigenvalue weighted by Gasteiger charge is 2.36. The maximum atomic E-state index is 12.5. The van der Waals surface area contributed by atoms with Gasteiger partial charge in [0, 0.05) is 6.54 Å². The Kier molecular flexibility index (Phi) is 5.40. The Hall–Kier alpha value is -1.12. The molecule has 0 atom stereocenters. The Bertz CT molecular complexity index is 612. The minimum atomic E-state index is -4.61. The van der Waals surface area contributed by atoms with Gasteiger partial charge in [-0.3, -0.25) is 0 Å². The lowest BCUT2D eigenvalue weighted by Crippen LogP contribution is -2.39. The number of alkyl halides is 3. The topological polar surface area (TPSA) is 57.6 Å². The Morgan fingerprint density at radius 3 is 2.19 bits per heavy atom. The quantitative estimate of drug-likeness (QED) is 0.904. The zero-order valence-corrected chi connectivity index (χ0v) is 12.8. The molecule has 0 aromatic heterocycles. The SMILES string of the molecule is CCN(CC(F)(F)F)S(=O)(=O)c1cc(CO)c(C)cc1C. The van der Waals surface area contributed by atoms with Gasteiger partial charge < -0.3 is 5.11 Å². The average Bonchev–Trinajstić information content (AvgIpc) is 2.34. The molecular weight excluding hydrogens is 307 g/mol. The molecule has 1 N–H and O–H groups in total. The van der Waals surface area contributed by atoms with Crippen LogP contribution in [0, 0.1) is 13.8 Å². The first-order valence-corrected chi connectivity index (χ1v) is 7.74. The predicted octanol–water partition coefficient (Wildman–Crippen LogP) is 2.37. The molecule has 0 radical (unpaired) electrons. The molecule has 0 unspecified atom stereocenters. The van der Waals surface area contributed by atoms with Crippen molar-refractivity contribution >= 4 is 10.0 Å². The summed E-state index contributed by atoms with van der Waals surface area (Å²) in [6.45, 7) is 2.36. The molecule has 0 aliphatic carbocycles. The van der Waals surface area contributed by atoms with Crippen LogP contribution in [0.5, 0.6) is 0 Å². The van der Waals surface area contributed by atoms with Crippen LogP contribution in [0.15, 0.2) is 17.0 Å². The molecule has 8 heteroatoms. The van der Waals surface area contributed by atoms with Crippen molar-refractivity contribution in [1.82, 2.24) is 4.31 Å². The van der Waals surface area contributed by atoms with Gasteiger partial charge in [0.1, 0.15) is 6.54 Å². The molecule has 0 fully saturated rings. The minimum Gasteiger partial charge on any atom is -0.392 e. The van der Waals surface area contributed by atoms with Gasteiger partial charge in [0.15, 0.2) is 0 Å². The summed E-state index contributed by atoms with van der Waals surface area (Å²) in [5.41, 5.74) is 1.42. The maximum Gasteiger partial charge on any atom is 0.402 e. The highest BCUT2D eigenvalue weighted by atomic mass is 32.2. The summed E-state index contributed by atoms with van der Waals surface area (Å²) in [5.74, 6) is 0. The number of sulfonamides is 1. The fraction of sp³-hybridized carbons (Fsp3) is 0.538. The molecule has 1 aromatic rings. The molecule has 0 aliphatic rings. The number of halogens is 3. The van der Waals surface area contributed by atoms with Crippen molar-refractivity contribution < 1.29 is 26.7 Å². The Morgan fingerprint density at radius 1 is 1.19 bits per heavy atom. The number of aliphatic hydroxyl groups excluding tert-OH is 1. The summed E-state index contributed by atoms with van der Waals surface area (Å²) in [4.78, 5) is -0.205. The van der Waals surface area contributed by atoms with Crippen LogP contribution in [0.1, 0.15) is 23.6 Å². The fourth-order valence-electron chi connectivity index (χ4n) is 2.03. The molecule has 1 rings (SSSR count). The number of aliphatic hydroxyl groups is 1. The van der Waals surface area contributed by atoms with Crippen molar-refractivity contribution in [1.29, 1.82) is 0 Å². The number of rotatable bonds is 5. The van der Waals surface area contributed by atoms with Crippen molar-refractivity contribution in [2.45, 2.75) is 38.4 Å². The fourth-order valence-corrected chi connectivity index (χ4v) is 3.72. The Morgan fingerprint density at radius 2 is 1.76 bits per heavy atom. The first-order valence-electron chi connectivity index (χ1n) is 6.30. The zero-order valence-electron chi connectivity index (χ0n) is 12.0. The van der Waals surface area contributed by atoms with Crippen LogP contribution >= 0.6 is 0 Å². The second-order valence-electron chi connectivity index (χ2n) is 4.75. The van der Waals surface area contributed by atoms with Crippen LogP contribution in [-0.2, 0) is 16.6 Å². The van der Waals surface area contributed by atoms with E-state index in [1.165, 1.54) is 19.9 Å². The predicted molar refractivity (Wildman–Crippen MR) is 72.3 cm³/mol. The maximum absolute atomic E-state index is 12.5. The first-order chi connectivity index (χ1) is 9.52. The third kappa shape index (κ3) is 4.18. The summed E-state index contributed by atoms with van der Waals surface area (Å²) < 4.78 is 62.7. The zero-order chi connectivity index (χ0) is 16.4. The van der Waals surface area contributed by atoms with Gasteiger partial charge in [0.25, 0.3) is 0 Å². The van der Waals surface area contributed by atoms with Gasteiger partial charge in [-0.25, -0.2) is 8.42 Å². The van der Waals surface area contributed by atoms with Gasteiger partial charge in [0.2, 0.25) is 10.0 Å². The molecule has 0 heterocycles. The highest BCUT2D eigenvalue weighted by molar-refractivity contribution is 7.89. The number of hydrogen-bond acceptors (Lipinski definition) is 3. The van der Waals surface area contributed by atoms with Gasteiger partial charge >= 0.3 is 6.18 Å². The normalized spacial score (nSPS) is 13.0. The lowest BCUT2D eigenvalue weighted by Gasteiger charge is -2.23. The smallest absolute Gasteiger partial charge is 0.392 e. The van der Waals surface area contributed by atoms with E-state index in [-0.39, 0.29) is 18.0 Å². The molecule has 0 saturated carbocycles. The van der Waals surface area contributed by atoms with E-state index in [1.54, 1.807) is 13.0 Å². The second kappa shape index (κ2) is 6.33. The largest absolute Gasteiger partial charge is 0.402 e. The van der Waals surface area contributed by atoms with Gasteiger partial charge in [-0.1, -0.05) is 13.0 Å². The third-order valence-electron chi connectivity index (χ3n) is 3.13. The highest BCUT2D eigenvalue weighted by Crippen LogP contribution is 2.26. The summed E-state index contributed by atoms with van der Waals surface area (Å²) in [7, 11) is -4.26. The van der Waals surface area contributed by atoms with E-state index in [0.29, 0.717) is 21.0 Å². The van der Waals surface area contributed by atoms with Crippen LogP contribution in [0.2, 0.25) is 0 Å². The van der Waals surface area contributed by atoms with Crippen molar-refractivity contribution in [3.05, 3.63) is 28.8 Å². The summed E-state index contributed by atoms with van der Waals surface area (Å²) in [5, 5.41) is 9.19. The molecule has 4 nitrogen and oxygen atoms in total. The van der Waals surface area contributed by atoms with Crippen molar-refractivity contribution in [2.75, 3.05) is 13.1 Å². The van der Waals surface area contributed by atoms with E-state index >= 15 is 0 Å². The van der Waals surface area contributed by atoms with E-state index in [2.05, 4.69) is 0 Å². The number of benzene rings is 1. The van der Waals surface area contributed by atoms with Crippen LogP contribution in [0.4, 0.5) is 13.2 Å². The minimum absolute atomic E-state index is 0.205. The number of nitrogens with zero attached hydrogens (tertiary/aromatic N) is 1.